The van der Waals surface area contributed by atoms with Crippen LogP contribution in [0.1, 0.15) is 10.5 Å². The third-order valence-corrected chi connectivity index (χ3v) is 5.58. The van der Waals surface area contributed by atoms with Gasteiger partial charge in [-0.1, -0.05) is 29.8 Å². The van der Waals surface area contributed by atoms with Crippen molar-refractivity contribution >= 4 is 45.0 Å². The van der Waals surface area contributed by atoms with Crippen molar-refractivity contribution in [2.24, 2.45) is 0 Å². The fourth-order valence-corrected chi connectivity index (χ4v) is 4.06. The summed E-state index contributed by atoms with van der Waals surface area (Å²) in [7, 11) is 0. The monoisotopic (exact) mass is 390 g/mol. The Hall–Kier alpha value is -3.05. The van der Waals surface area contributed by atoms with Gasteiger partial charge in [0.05, 0.1) is 5.52 Å². The first-order valence-electron chi connectivity index (χ1n) is 9.35. The van der Waals surface area contributed by atoms with E-state index in [1.165, 1.54) is 0 Å². The number of rotatable bonds is 2. The molecule has 2 aromatic carbocycles. The Bertz CT molecular complexity index is 1140. The Balaban J connectivity index is 1.34. The van der Waals surface area contributed by atoms with E-state index in [1.807, 2.05) is 65.7 Å². The van der Waals surface area contributed by atoms with Gasteiger partial charge in [-0.2, -0.15) is 0 Å². The number of nitrogens with one attached hydrogen (secondary N) is 1. The van der Waals surface area contributed by atoms with E-state index in [0.29, 0.717) is 23.8 Å². The lowest BCUT2D eigenvalue weighted by molar-refractivity contribution is 0.0742. The first-order valence-corrected chi connectivity index (χ1v) is 9.73. The second kappa shape index (κ2) is 6.84. The number of amides is 1. The molecule has 0 radical (unpaired) electrons. The third kappa shape index (κ3) is 2.98. The largest absolute Gasteiger partial charge is 0.367 e. The fourth-order valence-electron chi connectivity index (χ4n) is 3.89. The molecule has 0 unspecified atom stereocenters. The quantitative estimate of drug-likeness (QED) is 0.554. The van der Waals surface area contributed by atoms with Crippen molar-refractivity contribution in [3.8, 4) is 0 Å². The van der Waals surface area contributed by atoms with E-state index in [-0.39, 0.29) is 5.91 Å². The highest BCUT2D eigenvalue weighted by atomic mass is 35.5. The molecule has 140 valence electrons. The van der Waals surface area contributed by atoms with E-state index in [2.05, 4.69) is 14.9 Å². The SMILES string of the molecule is O=C(c1cc2ccccc2[nH]1)N1CCN(c2ccnc3cc(Cl)ccc23)CC1. The average Bonchev–Trinajstić information content (AvgIpc) is 3.17. The number of fused-ring (bicyclic) bond motifs is 2. The summed E-state index contributed by atoms with van der Waals surface area (Å²) in [5, 5.41) is 2.83. The predicted octanol–water partition coefficient (Wildman–Crippen LogP) is 4.33. The maximum Gasteiger partial charge on any atom is 0.270 e. The summed E-state index contributed by atoms with van der Waals surface area (Å²) in [6.07, 6.45) is 1.82. The number of aromatic amines is 1. The second-order valence-electron chi connectivity index (χ2n) is 7.04. The number of pyridine rings is 1. The molecular weight excluding hydrogens is 372 g/mol. The molecule has 1 aliphatic rings. The number of para-hydroxylation sites is 1. The maximum atomic E-state index is 12.9. The molecule has 5 rings (SSSR count). The number of piperazine rings is 1. The molecule has 5 nitrogen and oxygen atoms in total. The fraction of sp³-hybridized carbons (Fsp3) is 0.182. The first kappa shape index (κ1) is 17.1. The van der Waals surface area contributed by atoms with Gasteiger partial charge in [0.1, 0.15) is 5.69 Å². The van der Waals surface area contributed by atoms with E-state index < -0.39 is 0 Å². The van der Waals surface area contributed by atoms with E-state index in [1.54, 1.807) is 0 Å². The van der Waals surface area contributed by atoms with E-state index in [0.717, 1.165) is 40.6 Å². The van der Waals surface area contributed by atoms with Gasteiger partial charge in [-0.3, -0.25) is 9.78 Å². The molecule has 4 aromatic rings. The number of carbonyl (C=O) groups is 1. The topological polar surface area (TPSA) is 52.2 Å². The van der Waals surface area contributed by atoms with E-state index in [4.69, 9.17) is 11.6 Å². The van der Waals surface area contributed by atoms with Gasteiger partial charge in [0.25, 0.3) is 5.91 Å². The number of benzene rings is 2. The summed E-state index contributed by atoms with van der Waals surface area (Å²) in [6.45, 7) is 2.94. The number of carbonyl (C=O) groups excluding carboxylic acids is 1. The Morgan fingerprint density at radius 2 is 1.82 bits per heavy atom. The van der Waals surface area contributed by atoms with E-state index in [9.17, 15) is 4.79 Å². The molecule has 0 saturated carbocycles. The highest BCUT2D eigenvalue weighted by Gasteiger charge is 2.24. The molecule has 0 atom stereocenters. The van der Waals surface area contributed by atoms with Crippen molar-refractivity contribution < 1.29 is 4.79 Å². The van der Waals surface area contributed by atoms with Crippen molar-refractivity contribution in [2.75, 3.05) is 31.1 Å². The normalized spacial score (nSPS) is 14.8. The number of halogens is 1. The molecular formula is C22H19ClN4O. The van der Waals surface area contributed by atoms with Crippen LogP contribution in [0.5, 0.6) is 0 Å². The van der Waals surface area contributed by atoms with Gasteiger partial charge in [0.2, 0.25) is 0 Å². The zero-order chi connectivity index (χ0) is 19.1. The summed E-state index contributed by atoms with van der Waals surface area (Å²) in [6, 6.07) is 17.7. The Morgan fingerprint density at radius 1 is 1.00 bits per heavy atom. The smallest absolute Gasteiger partial charge is 0.270 e. The van der Waals surface area contributed by atoms with Crippen LogP contribution in [0.3, 0.4) is 0 Å². The Labute approximate surface area is 167 Å². The summed E-state index contributed by atoms with van der Waals surface area (Å²) in [5.41, 5.74) is 3.67. The van der Waals surface area contributed by atoms with Gasteiger partial charge >= 0.3 is 0 Å². The lowest BCUT2D eigenvalue weighted by atomic mass is 10.1. The van der Waals surface area contributed by atoms with Gasteiger partial charge in [-0.05, 0) is 36.4 Å². The molecule has 28 heavy (non-hydrogen) atoms. The number of hydrogen-bond donors (Lipinski definition) is 1. The molecule has 0 spiro atoms. The van der Waals surface area contributed by atoms with Gasteiger partial charge in [0, 0.05) is 59.4 Å². The number of nitrogens with zero attached hydrogens (tertiary/aromatic N) is 3. The van der Waals surface area contributed by atoms with Crippen LogP contribution in [0.25, 0.3) is 21.8 Å². The van der Waals surface area contributed by atoms with Gasteiger partial charge in [-0.25, -0.2) is 0 Å². The lowest BCUT2D eigenvalue weighted by Crippen LogP contribution is -2.49. The van der Waals surface area contributed by atoms with Gasteiger partial charge in [0.15, 0.2) is 0 Å². The maximum absolute atomic E-state index is 12.9. The second-order valence-corrected chi connectivity index (χ2v) is 7.48. The summed E-state index contributed by atoms with van der Waals surface area (Å²) in [5.74, 6) is 0.0576. The lowest BCUT2D eigenvalue weighted by Gasteiger charge is -2.36. The molecule has 0 bridgehead atoms. The molecule has 1 aliphatic heterocycles. The number of hydrogen-bond acceptors (Lipinski definition) is 3. The number of anilines is 1. The number of H-pyrrole nitrogens is 1. The standard InChI is InChI=1S/C22H19ClN4O/c23-16-5-6-17-19(14-16)24-8-7-21(17)26-9-11-27(12-10-26)22(28)20-13-15-3-1-2-4-18(15)25-20/h1-8,13-14,25H,9-12H2. The molecule has 1 saturated heterocycles. The van der Waals surface area contributed by atoms with Crippen LogP contribution in [-0.4, -0.2) is 47.0 Å². The number of aromatic nitrogens is 2. The van der Waals surface area contributed by atoms with E-state index >= 15 is 0 Å². The molecule has 1 N–H and O–H groups in total. The van der Waals surface area contributed by atoms with Crippen LogP contribution < -0.4 is 4.90 Å². The molecule has 1 fully saturated rings. The van der Waals surface area contributed by atoms with Crippen LogP contribution in [-0.2, 0) is 0 Å². The zero-order valence-corrected chi connectivity index (χ0v) is 16.0. The van der Waals surface area contributed by atoms with Crippen molar-refractivity contribution in [3.63, 3.8) is 0 Å². The third-order valence-electron chi connectivity index (χ3n) is 5.35. The average molecular weight is 391 g/mol. The Kier molecular flexibility index (Phi) is 4.17. The van der Waals surface area contributed by atoms with Crippen molar-refractivity contribution in [2.45, 2.75) is 0 Å². The summed E-state index contributed by atoms with van der Waals surface area (Å²) in [4.78, 5) is 24.8. The van der Waals surface area contributed by atoms with Crippen LogP contribution >= 0.6 is 11.6 Å². The predicted molar refractivity (Wildman–Crippen MR) is 113 cm³/mol. The molecule has 2 aromatic heterocycles. The van der Waals surface area contributed by atoms with Gasteiger partial charge < -0.3 is 14.8 Å². The highest BCUT2D eigenvalue weighted by molar-refractivity contribution is 6.31. The molecule has 1 amide bonds. The van der Waals surface area contributed by atoms with Crippen LogP contribution in [0, 0.1) is 0 Å². The molecule has 6 heteroatoms. The van der Waals surface area contributed by atoms with Crippen molar-refractivity contribution in [1.29, 1.82) is 0 Å². The minimum Gasteiger partial charge on any atom is -0.367 e. The zero-order valence-electron chi connectivity index (χ0n) is 15.2. The molecule has 0 aliphatic carbocycles. The van der Waals surface area contributed by atoms with Crippen LogP contribution in [0.2, 0.25) is 5.02 Å². The minimum absolute atomic E-state index is 0.0576. The van der Waals surface area contributed by atoms with Gasteiger partial charge in [-0.15, -0.1) is 0 Å². The van der Waals surface area contributed by atoms with Crippen LogP contribution in [0.15, 0.2) is 60.8 Å². The summed E-state index contributed by atoms with van der Waals surface area (Å²) >= 11 is 6.10. The van der Waals surface area contributed by atoms with Crippen molar-refractivity contribution in [1.82, 2.24) is 14.9 Å². The molecule has 3 heterocycles. The summed E-state index contributed by atoms with van der Waals surface area (Å²) < 4.78 is 0. The van der Waals surface area contributed by atoms with Crippen LogP contribution in [0.4, 0.5) is 5.69 Å². The Morgan fingerprint density at radius 3 is 2.64 bits per heavy atom. The first-order chi connectivity index (χ1) is 13.7. The van der Waals surface area contributed by atoms with Crippen molar-refractivity contribution in [3.05, 3.63) is 71.5 Å². The minimum atomic E-state index is 0.0576. The highest BCUT2D eigenvalue weighted by Crippen LogP contribution is 2.28.